The van der Waals surface area contributed by atoms with Crippen LogP contribution in [0.15, 0.2) is 42.7 Å². The molecule has 1 saturated carbocycles. The van der Waals surface area contributed by atoms with Crippen LogP contribution in [-0.2, 0) is 11.3 Å². The summed E-state index contributed by atoms with van der Waals surface area (Å²) >= 11 is -1.92. The smallest absolute Gasteiger partial charge is 0.231 e. The molecule has 0 bridgehead atoms. The monoisotopic (exact) mass is 363 g/mol. The normalized spacial score (nSPS) is 21.8. The van der Waals surface area contributed by atoms with E-state index in [-0.39, 0.29) is 0 Å². The van der Waals surface area contributed by atoms with Gasteiger partial charge in [-0.3, -0.25) is 4.55 Å². The van der Waals surface area contributed by atoms with Gasteiger partial charge in [0.25, 0.3) is 0 Å². The third kappa shape index (κ3) is 5.39. The molecule has 0 aliphatic heterocycles. The van der Waals surface area contributed by atoms with Gasteiger partial charge in [-0.2, -0.15) is 5.10 Å². The van der Waals surface area contributed by atoms with E-state index < -0.39 is 11.3 Å². The average Bonchev–Trinajstić information content (AvgIpc) is 3.16. The number of ether oxygens (including phenoxy) is 1. The highest BCUT2D eigenvalue weighted by molar-refractivity contribution is 7.77. The van der Waals surface area contributed by atoms with Gasteiger partial charge in [-0.05, 0) is 55.0 Å². The lowest BCUT2D eigenvalue weighted by Crippen LogP contribution is -2.29. The zero-order valence-electron chi connectivity index (χ0n) is 14.2. The van der Waals surface area contributed by atoms with Crippen LogP contribution in [0.3, 0.4) is 0 Å². The minimum absolute atomic E-state index is 0.508. The molecule has 1 aliphatic rings. The van der Waals surface area contributed by atoms with Gasteiger partial charge in [-0.1, -0.05) is 19.3 Å². The maximum atomic E-state index is 10.7. The molecule has 3 atom stereocenters. The van der Waals surface area contributed by atoms with Crippen LogP contribution < -0.4 is 9.46 Å². The molecule has 0 radical (unpaired) electrons. The lowest BCUT2D eigenvalue weighted by molar-refractivity contribution is 0.143. The highest BCUT2D eigenvalue weighted by Gasteiger charge is 2.25. The van der Waals surface area contributed by atoms with Crippen LogP contribution >= 0.6 is 0 Å². The van der Waals surface area contributed by atoms with E-state index >= 15 is 0 Å². The van der Waals surface area contributed by atoms with E-state index in [9.17, 15) is 4.21 Å². The summed E-state index contributed by atoms with van der Waals surface area (Å²) in [6.45, 7) is 1.27. The number of hydrogen-bond donors (Lipinski definition) is 2. The van der Waals surface area contributed by atoms with E-state index in [1.54, 1.807) is 6.20 Å². The molecule has 1 aromatic heterocycles. The predicted molar refractivity (Wildman–Crippen MR) is 97.9 cm³/mol. The van der Waals surface area contributed by atoms with Gasteiger partial charge in [-0.15, -0.1) is 0 Å². The maximum absolute atomic E-state index is 10.7. The summed E-state index contributed by atoms with van der Waals surface area (Å²) < 4.78 is 30.0. The van der Waals surface area contributed by atoms with Crippen molar-refractivity contribution in [2.45, 2.75) is 32.1 Å². The topological polar surface area (TPSA) is 76.4 Å². The zero-order chi connectivity index (χ0) is 17.5. The summed E-state index contributed by atoms with van der Waals surface area (Å²) in [4.78, 5) is 0. The van der Waals surface area contributed by atoms with E-state index in [4.69, 9.17) is 9.29 Å². The molecule has 1 aliphatic carbocycles. The lowest BCUT2D eigenvalue weighted by atomic mass is 9.78. The molecule has 25 heavy (non-hydrogen) atoms. The van der Waals surface area contributed by atoms with Gasteiger partial charge >= 0.3 is 0 Å². The number of nitrogens with one attached hydrogen (secondary N) is 1. The van der Waals surface area contributed by atoms with Gasteiger partial charge in [-0.25, -0.2) is 13.6 Å². The number of benzene rings is 1. The van der Waals surface area contributed by atoms with Gasteiger partial charge in [0.2, 0.25) is 11.3 Å². The number of aromatic nitrogens is 2. The molecule has 1 aromatic carbocycles. The molecule has 7 heteroatoms. The SMILES string of the molecule is O=S(O)NCCC1CCCCC1COc1ccc(-n2cccn2)cc1. The maximum Gasteiger partial charge on any atom is 0.231 e. The van der Waals surface area contributed by atoms with Gasteiger partial charge in [0, 0.05) is 18.9 Å². The quantitative estimate of drug-likeness (QED) is 0.706. The molecule has 1 fully saturated rings. The first kappa shape index (κ1) is 18.1. The first-order valence-corrected chi connectivity index (χ1v) is 9.90. The molecule has 6 nitrogen and oxygen atoms in total. The second-order valence-corrected chi connectivity index (χ2v) is 7.28. The van der Waals surface area contributed by atoms with Crippen LogP contribution in [0.5, 0.6) is 5.75 Å². The van der Waals surface area contributed by atoms with Crippen molar-refractivity contribution < 1.29 is 13.5 Å². The van der Waals surface area contributed by atoms with Crippen molar-refractivity contribution in [3.8, 4) is 11.4 Å². The van der Waals surface area contributed by atoms with Crippen molar-refractivity contribution in [1.29, 1.82) is 0 Å². The summed E-state index contributed by atoms with van der Waals surface area (Å²) in [5.41, 5.74) is 1.01. The first-order chi connectivity index (χ1) is 12.2. The molecular weight excluding hydrogens is 338 g/mol. The van der Waals surface area contributed by atoms with E-state index in [1.165, 1.54) is 19.3 Å². The Balaban J connectivity index is 1.51. The summed E-state index contributed by atoms with van der Waals surface area (Å²) in [6.07, 6.45) is 9.40. The van der Waals surface area contributed by atoms with Crippen molar-refractivity contribution in [3.63, 3.8) is 0 Å². The Morgan fingerprint density at radius 2 is 2.00 bits per heavy atom. The van der Waals surface area contributed by atoms with Crippen LogP contribution in [0, 0.1) is 11.8 Å². The van der Waals surface area contributed by atoms with Gasteiger partial charge in [0.05, 0.1) is 12.3 Å². The highest BCUT2D eigenvalue weighted by atomic mass is 32.2. The van der Waals surface area contributed by atoms with Crippen LogP contribution in [0.4, 0.5) is 0 Å². The Morgan fingerprint density at radius 3 is 2.68 bits per heavy atom. The second kappa shape index (κ2) is 9.12. The molecule has 0 spiro atoms. The number of nitrogens with zero attached hydrogens (tertiary/aromatic N) is 2. The number of rotatable bonds is 8. The molecule has 0 saturated heterocycles. The van der Waals surface area contributed by atoms with Crippen LogP contribution in [0.25, 0.3) is 5.69 Å². The fraction of sp³-hybridized carbons (Fsp3) is 0.500. The Morgan fingerprint density at radius 1 is 1.24 bits per heavy atom. The zero-order valence-corrected chi connectivity index (χ0v) is 15.0. The Hall–Kier alpha value is -1.70. The fourth-order valence-corrected chi connectivity index (χ4v) is 3.83. The molecular formula is C18H25N3O3S. The minimum atomic E-state index is -1.92. The Bertz CT molecular complexity index is 661. The van der Waals surface area contributed by atoms with Crippen molar-refractivity contribution in [2.24, 2.45) is 11.8 Å². The second-order valence-electron chi connectivity index (χ2n) is 6.49. The predicted octanol–water partition coefficient (Wildman–Crippen LogP) is 3.17. The largest absolute Gasteiger partial charge is 0.493 e. The molecule has 1 heterocycles. The average molecular weight is 363 g/mol. The van der Waals surface area contributed by atoms with E-state index in [1.807, 2.05) is 41.2 Å². The Kier molecular flexibility index (Phi) is 6.61. The van der Waals surface area contributed by atoms with Gasteiger partial charge in [0.15, 0.2) is 0 Å². The van der Waals surface area contributed by atoms with E-state index in [2.05, 4.69) is 9.82 Å². The van der Waals surface area contributed by atoms with Crippen molar-refractivity contribution in [1.82, 2.24) is 14.5 Å². The van der Waals surface area contributed by atoms with Gasteiger partial charge in [0.1, 0.15) is 5.75 Å². The van der Waals surface area contributed by atoms with Gasteiger partial charge < -0.3 is 4.74 Å². The molecule has 2 N–H and O–H groups in total. The standard InChI is InChI=1S/C18H25N3O3S/c22-25(23)20-12-10-15-4-1-2-5-16(15)14-24-18-8-6-17(7-9-18)21-13-3-11-19-21/h3,6-9,11,13,15-16,20H,1-2,4-5,10,12,14H2,(H,22,23). The minimum Gasteiger partial charge on any atom is -0.493 e. The number of hydrogen-bond acceptors (Lipinski definition) is 3. The third-order valence-electron chi connectivity index (χ3n) is 4.88. The van der Waals surface area contributed by atoms with Crippen LogP contribution in [-0.4, -0.2) is 31.7 Å². The third-order valence-corrected chi connectivity index (χ3v) is 5.33. The first-order valence-electron chi connectivity index (χ1n) is 8.79. The van der Waals surface area contributed by atoms with Crippen molar-refractivity contribution in [3.05, 3.63) is 42.7 Å². The summed E-state index contributed by atoms with van der Waals surface area (Å²) in [5, 5.41) is 4.22. The lowest BCUT2D eigenvalue weighted by Gasteiger charge is -2.31. The molecule has 136 valence electrons. The molecule has 3 unspecified atom stereocenters. The van der Waals surface area contributed by atoms with Crippen LogP contribution in [0.2, 0.25) is 0 Å². The van der Waals surface area contributed by atoms with E-state index in [0.29, 0.717) is 25.0 Å². The highest BCUT2D eigenvalue weighted by Crippen LogP contribution is 2.32. The summed E-state index contributed by atoms with van der Waals surface area (Å²) in [7, 11) is 0. The molecule has 3 rings (SSSR count). The Labute approximate surface area is 151 Å². The van der Waals surface area contributed by atoms with Crippen LogP contribution in [0.1, 0.15) is 32.1 Å². The summed E-state index contributed by atoms with van der Waals surface area (Å²) in [5.74, 6) is 1.93. The molecule has 0 amide bonds. The molecule has 2 aromatic rings. The summed E-state index contributed by atoms with van der Waals surface area (Å²) in [6, 6.07) is 9.85. The fourth-order valence-electron chi connectivity index (χ4n) is 3.54. The van der Waals surface area contributed by atoms with Crippen molar-refractivity contribution in [2.75, 3.05) is 13.2 Å². The van der Waals surface area contributed by atoms with E-state index in [0.717, 1.165) is 24.3 Å². The van der Waals surface area contributed by atoms with Crippen molar-refractivity contribution >= 4 is 11.3 Å².